The highest BCUT2D eigenvalue weighted by Crippen LogP contribution is 2.43. The lowest BCUT2D eigenvalue weighted by Crippen LogP contribution is -2.51. The van der Waals surface area contributed by atoms with Gasteiger partial charge in [-0.1, -0.05) is 39.0 Å². The second-order valence-electron chi connectivity index (χ2n) is 6.98. The van der Waals surface area contributed by atoms with Crippen LogP contribution in [0.3, 0.4) is 0 Å². The highest BCUT2D eigenvalue weighted by atomic mass is 16.5. The Morgan fingerprint density at radius 1 is 1.05 bits per heavy atom. The van der Waals surface area contributed by atoms with E-state index in [1.54, 1.807) is 0 Å². The lowest BCUT2D eigenvalue weighted by molar-refractivity contribution is -0.174. The minimum Gasteiger partial charge on any atom is -0.378 e. The SMILES string of the molecule is CCCCCCCCO[C@H]1CCC[C@]2(C)OCCC[C@@H]12. The molecule has 1 aliphatic carbocycles. The quantitative estimate of drug-likeness (QED) is 0.576. The lowest BCUT2D eigenvalue weighted by Gasteiger charge is -2.48. The molecular weight excluding hydrogens is 248 g/mol. The predicted molar refractivity (Wildman–Crippen MR) is 84.0 cm³/mol. The number of fused-ring (bicyclic) bond motifs is 1. The summed E-state index contributed by atoms with van der Waals surface area (Å²) >= 11 is 0. The minimum absolute atomic E-state index is 0.113. The molecule has 2 fully saturated rings. The monoisotopic (exact) mass is 282 g/mol. The first-order valence-corrected chi connectivity index (χ1v) is 9.02. The van der Waals surface area contributed by atoms with Crippen LogP contribution in [0.25, 0.3) is 0 Å². The van der Waals surface area contributed by atoms with E-state index >= 15 is 0 Å². The molecule has 1 saturated carbocycles. The second kappa shape index (κ2) is 8.38. The van der Waals surface area contributed by atoms with Crippen LogP contribution < -0.4 is 0 Å². The minimum atomic E-state index is 0.113. The van der Waals surface area contributed by atoms with Crippen LogP contribution in [-0.4, -0.2) is 24.9 Å². The molecule has 0 radical (unpaired) electrons. The van der Waals surface area contributed by atoms with E-state index in [4.69, 9.17) is 9.47 Å². The van der Waals surface area contributed by atoms with Gasteiger partial charge in [0.25, 0.3) is 0 Å². The smallest absolute Gasteiger partial charge is 0.0707 e. The van der Waals surface area contributed by atoms with Gasteiger partial charge in [-0.15, -0.1) is 0 Å². The summed E-state index contributed by atoms with van der Waals surface area (Å²) < 4.78 is 12.3. The maximum Gasteiger partial charge on any atom is 0.0707 e. The highest BCUT2D eigenvalue weighted by Gasteiger charge is 2.45. The summed E-state index contributed by atoms with van der Waals surface area (Å²) in [5, 5.41) is 0. The van der Waals surface area contributed by atoms with Gasteiger partial charge in [0.2, 0.25) is 0 Å². The first-order valence-electron chi connectivity index (χ1n) is 9.02. The number of hydrogen-bond donors (Lipinski definition) is 0. The molecule has 0 aromatic heterocycles. The first-order chi connectivity index (χ1) is 9.76. The Bertz CT molecular complexity index is 262. The third kappa shape index (κ3) is 4.46. The fourth-order valence-corrected chi connectivity index (χ4v) is 4.03. The molecule has 2 rings (SSSR count). The average molecular weight is 282 g/mol. The summed E-state index contributed by atoms with van der Waals surface area (Å²) in [6.07, 6.45) is 14.8. The Morgan fingerprint density at radius 3 is 2.70 bits per heavy atom. The van der Waals surface area contributed by atoms with Crippen LogP contribution in [0.2, 0.25) is 0 Å². The van der Waals surface area contributed by atoms with E-state index in [9.17, 15) is 0 Å². The topological polar surface area (TPSA) is 18.5 Å². The Morgan fingerprint density at radius 2 is 1.85 bits per heavy atom. The molecule has 20 heavy (non-hydrogen) atoms. The van der Waals surface area contributed by atoms with Crippen molar-refractivity contribution in [1.29, 1.82) is 0 Å². The summed E-state index contributed by atoms with van der Waals surface area (Å²) in [5.74, 6) is 0.644. The van der Waals surface area contributed by atoms with Crippen molar-refractivity contribution in [3.8, 4) is 0 Å². The van der Waals surface area contributed by atoms with Gasteiger partial charge in [-0.05, 0) is 45.4 Å². The number of ether oxygens (including phenoxy) is 2. The average Bonchev–Trinajstić information content (AvgIpc) is 2.45. The van der Waals surface area contributed by atoms with Crippen LogP contribution in [0.4, 0.5) is 0 Å². The molecule has 2 aliphatic rings. The maximum absolute atomic E-state index is 6.24. The van der Waals surface area contributed by atoms with Gasteiger partial charge in [-0.25, -0.2) is 0 Å². The van der Waals surface area contributed by atoms with E-state index in [1.807, 2.05) is 0 Å². The van der Waals surface area contributed by atoms with Crippen molar-refractivity contribution in [2.45, 2.75) is 96.2 Å². The summed E-state index contributed by atoms with van der Waals surface area (Å²) in [6, 6.07) is 0. The van der Waals surface area contributed by atoms with Crippen molar-refractivity contribution in [2.75, 3.05) is 13.2 Å². The van der Waals surface area contributed by atoms with Gasteiger partial charge in [0.15, 0.2) is 0 Å². The molecule has 1 aliphatic heterocycles. The molecule has 0 aromatic carbocycles. The second-order valence-corrected chi connectivity index (χ2v) is 6.98. The van der Waals surface area contributed by atoms with Gasteiger partial charge >= 0.3 is 0 Å². The largest absolute Gasteiger partial charge is 0.378 e. The summed E-state index contributed by atoms with van der Waals surface area (Å²) in [5.41, 5.74) is 0.113. The van der Waals surface area contributed by atoms with Gasteiger partial charge < -0.3 is 9.47 Å². The van der Waals surface area contributed by atoms with Crippen molar-refractivity contribution in [1.82, 2.24) is 0 Å². The molecule has 0 bridgehead atoms. The molecule has 1 saturated heterocycles. The molecule has 3 atom stereocenters. The Balaban J connectivity index is 1.64. The van der Waals surface area contributed by atoms with Crippen molar-refractivity contribution in [3.05, 3.63) is 0 Å². The predicted octanol–water partition coefficient (Wildman–Crippen LogP) is 5.10. The molecular formula is C18H34O2. The van der Waals surface area contributed by atoms with E-state index in [2.05, 4.69) is 13.8 Å². The molecule has 0 spiro atoms. The summed E-state index contributed by atoms with van der Waals surface area (Å²) in [6.45, 7) is 6.51. The molecule has 2 nitrogen and oxygen atoms in total. The van der Waals surface area contributed by atoms with E-state index in [0.29, 0.717) is 12.0 Å². The Kier molecular flexibility index (Phi) is 6.83. The van der Waals surface area contributed by atoms with Crippen molar-refractivity contribution in [3.63, 3.8) is 0 Å². The highest BCUT2D eigenvalue weighted by molar-refractivity contribution is 4.95. The van der Waals surface area contributed by atoms with E-state index < -0.39 is 0 Å². The molecule has 1 heterocycles. The van der Waals surface area contributed by atoms with E-state index in [1.165, 1.54) is 70.6 Å². The standard InChI is InChI=1S/C18H34O2/c1-3-4-5-6-7-8-14-19-17-12-9-13-18(2)16(17)11-10-15-20-18/h16-17H,3-15H2,1-2H3/t16-,17-,18-/m0/s1. The fourth-order valence-electron chi connectivity index (χ4n) is 4.03. The molecule has 118 valence electrons. The number of rotatable bonds is 8. The zero-order valence-corrected chi connectivity index (χ0v) is 13.7. The van der Waals surface area contributed by atoms with Crippen molar-refractivity contribution >= 4 is 0 Å². The Labute approximate surface area is 125 Å². The van der Waals surface area contributed by atoms with Crippen LogP contribution in [0.1, 0.15) is 84.5 Å². The third-order valence-corrected chi connectivity index (χ3v) is 5.32. The van der Waals surface area contributed by atoms with Crippen LogP contribution in [-0.2, 0) is 9.47 Å². The molecule has 0 aromatic rings. The van der Waals surface area contributed by atoms with Crippen LogP contribution >= 0.6 is 0 Å². The maximum atomic E-state index is 6.24. The first kappa shape index (κ1) is 16.3. The van der Waals surface area contributed by atoms with Gasteiger partial charge in [0, 0.05) is 19.1 Å². The van der Waals surface area contributed by atoms with Crippen LogP contribution in [0.15, 0.2) is 0 Å². The van der Waals surface area contributed by atoms with Crippen LogP contribution in [0, 0.1) is 5.92 Å². The lowest BCUT2D eigenvalue weighted by atomic mass is 9.71. The third-order valence-electron chi connectivity index (χ3n) is 5.32. The number of unbranched alkanes of at least 4 members (excludes halogenated alkanes) is 5. The summed E-state index contributed by atoms with van der Waals surface area (Å²) in [4.78, 5) is 0. The van der Waals surface area contributed by atoms with Gasteiger partial charge in [0.05, 0.1) is 11.7 Å². The molecule has 0 amide bonds. The normalized spacial score (nSPS) is 33.9. The summed E-state index contributed by atoms with van der Waals surface area (Å²) in [7, 11) is 0. The molecule has 2 heteroatoms. The Hall–Kier alpha value is -0.0800. The van der Waals surface area contributed by atoms with Crippen molar-refractivity contribution in [2.24, 2.45) is 5.92 Å². The van der Waals surface area contributed by atoms with E-state index in [-0.39, 0.29) is 5.60 Å². The molecule has 0 N–H and O–H groups in total. The van der Waals surface area contributed by atoms with Crippen LogP contribution in [0.5, 0.6) is 0 Å². The molecule has 0 unspecified atom stereocenters. The van der Waals surface area contributed by atoms with Gasteiger partial charge in [-0.3, -0.25) is 0 Å². The fraction of sp³-hybridized carbons (Fsp3) is 1.00. The van der Waals surface area contributed by atoms with E-state index in [0.717, 1.165) is 13.2 Å². The van der Waals surface area contributed by atoms with Gasteiger partial charge in [0.1, 0.15) is 0 Å². The zero-order valence-electron chi connectivity index (χ0n) is 13.7. The van der Waals surface area contributed by atoms with Gasteiger partial charge in [-0.2, -0.15) is 0 Å². The number of hydrogen-bond acceptors (Lipinski definition) is 2. The van der Waals surface area contributed by atoms with Crippen molar-refractivity contribution < 1.29 is 9.47 Å². The zero-order chi connectivity index (χ0) is 14.3.